The number of rotatable bonds is 13. The standard InChI is InChI=1S/C38H43N3O4S/c1-7-38(8-2,36(42)43)22-33-35(46-37(3,4)5)31-21-30(45-25-29-11-9-10-20-39-29)17-18-32(31)41(33)24-26-12-14-27(15-13-26)28-16-19-34(44-6)40-23-28/h9-21,23H,7-8,22,24-25H2,1-6H3,(H,42,43). The van der Waals surface area contributed by atoms with Gasteiger partial charge in [0.1, 0.15) is 12.4 Å². The van der Waals surface area contributed by atoms with Crippen LogP contribution in [-0.4, -0.2) is 37.5 Å². The number of hydrogen-bond acceptors (Lipinski definition) is 6. The van der Waals surface area contributed by atoms with Crippen LogP contribution in [-0.2, 0) is 24.4 Å². The van der Waals surface area contributed by atoms with E-state index in [0.717, 1.165) is 49.6 Å². The van der Waals surface area contributed by atoms with Crippen molar-refractivity contribution in [2.24, 2.45) is 5.41 Å². The highest BCUT2D eigenvalue weighted by molar-refractivity contribution is 8.00. The molecule has 0 unspecified atom stereocenters. The lowest BCUT2D eigenvalue weighted by molar-refractivity contribution is -0.149. The fourth-order valence-electron chi connectivity index (χ4n) is 5.72. The molecule has 0 fully saturated rings. The van der Waals surface area contributed by atoms with Gasteiger partial charge in [-0.05, 0) is 60.4 Å². The highest BCUT2D eigenvalue weighted by Gasteiger charge is 2.38. The average molecular weight is 638 g/mol. The number of ether oxygens (including phenoxy) is 2. The van der Waals surface area contributed by atoms with Crippen molar-refractivity contribution in [2.75, 3.05) is 7.11 Å². The van der Waals surface area contributed by atoms with Gasteiger partial charge in [-0.3, -0.25) is 9.78 Å². The predicted octanol–water partition coefficient (Wildman–Crippen LogP) is 9.06. The van der Waals surface area contributed by atoms with Gasteiger partial charge in [0.05, 0.1) is 18.2 Å². The average Bonchev–Trinajstić information content (AvgIpc) is 3.32. The molecule has 0 aliphatic heterocycles. The zero-order valence-electron chi connectivity index (χ0n) is 27.5. The van der Waals surface area contributed by atoms with E-state index in [0.29, 0.717) is 38.3 Å². The van der Waals surface area contributed by atoms with Crippen LogP contribution in [0.5, 0.6) is 11.6 Å². The smallest absolute Gasteiger partial charge is 0.310 e. The van der Waals surface area contributed by atoms with Gasteiger partial charge in [0.2, 0.25) is 5.88 Å². The molecule has 5 aromatic rings. The van der Waals surface area contributed by atoms with Gasteiger partial charge < -0.3 is 19.1 Å². The summed E-state index contributed by atoms with van der Waals surface area (Å²) in [5, 5.41) is 11.6. The summed E-state index contributed by atoms with van der Waals surface area (Å²) in [7, 11) is 1.61. The molecular formula is C38H43N3O4S. The number of aliphatic carboxylic acids is 1. The van der Waals surface area contributed by atoms with Crippen molar-refractivity contribution in [3.05, 3.63) is 102 Å². The molecule has 0 spiro atoms. The summed E-state index contributed by atoms with van der Waals surface area (Å²) < 4.78 is 13.6. The molecule has 3 heterocycles. The molecule has 2 aromatic carbocycles. The van der Waals surface area contributed by atoms with Gasteiger partial charge in [-0.2, -0.15) is 0 Å². The van der Waals surface area contributed by atoms with Gasteiger partial charge in [-0.25, -0.2) is 4.98 Å². The third-order valence-corrected chi connectivity index (χ3v) is 9.77. The summed E-state index contributed by atoms with van der Waals surface area (Å²) in [6, 6.07) is 24.4. The summed E-state index contributed by atoms with van der Waals surface area (Å²) in [5.74, 6) is 0.585. The van der Waals surface area contributed by atoms with Crippen molar-refractivity contribution in [2.45, 2.75) is 76.7 Å². The van der Waals surface area contributed by atoms with Gasteiger partial charge in [0.25, 0.3) is 0 Å². The van der Waals surface area contributed by atoms with Crippen molar-refractivity contribution in [1.82, 2.24) is 14.5 Å². The highest BCUT2D eigenvalue weighted by Crippen LogP contribution is 2.45. The topological polar surface area (TPSA) is 86.5 Å². The first-order valence-corrected chi connectivity index (χ1v) is 16.6. The van der Waals surface area contributed by atoms with Crippen molar-refractivity contribution in [3.8, 4) is 22.8 Å². The second-order valence-corrected chi connectivity index (χ2v) is 14.5. The molecule has 1 N–H and O–H groups in total. The Labute approximate surface area is 276 Å². The number of hydrogen-bond donors (Lipinski definition) is 1. The minimum Gasteiger partial charge on any atom is -0.487 e. The fourth-order valence-corrected chi connectivity index (χ4v) is 6.90. The maximum atomic E-state index is 12.8. The van der Waals surface area contributed by atoms with Gasteiger partial charge in [-0.1, -0.05) is 65.0 Å². The molecule has 0 amide bonds. The highest BCUT2D eigenvalue weighted by atomic mass is 32.2. The van der Waals surface area contributed by atoms with E-state index < -0.39 is 11.4 Å². The molecule has 0 atom stereocenters. The number of fused-ring (bicyclic) bond motifs is 1. The van der Waals surface area contributed by atoms with Gasteiger partial charge in [0.15, 0.2) is 0 Å². The van der Waals surface area contributed by atoms with Crippen molar-refractivity contribution in [1.29, 1.82) is 0 Å². The van der Waals surface area contributed by atoms with Gasteiger partial charge in [-0.15, -0.1) is 11.8 Å². The predicted molar refractivity (Wildman–Crippen MR) is 186 cm³/mol. The van der Waals surface area contributed by atoms with Crippen LogP contribution < -0.4 is 9.47 Å². The summed E-state index contributed by atoms with van der Waals surface area (Å²) in [5.41, 5.74) is 5.29. The summed E-state index contributed by atoms with van der Waals surface area (Å²) in [6.07, 6.45) is 5.10. The number of carbonyl (C=O) groups is 1. The number of carboxylic acid groups (broad SMARTS) is 1. The number of carboxylic acids is 1. The number of benzene rings is 2. The summed E-state index contributed by atoms with van der Waals surface area (Å²) >= 11 is 1.79. The molecule has 0 bridgehead atoms. The molecule has 0 saturated carbocycles. The van der Waals surface area contributed by atoms with Crippen molar-refractivity contribution < 1.29 is 19.4 Å². The maximum absolute atomic E-state index is 12.8. The fraction of sp³-hybridized carbons (Fsp3) is 0.342. The lowest BCUT2D eigenvalue weighted by Gasteiger charge is -2.29. The first-order valence-electron chi connectivity index (χ1n) is 15.8. The Bertz CT molecular complexity index is 1770. The van der Waals surface area contributed by atoms with Crippen LogP contribution in [0.15, 0.2) is 90.1 Å². The van der Waals surface area contributed by atoms with E-state index in [9.17, 15) is 9.90 Å². The Kier molecular flexibility index (Phi) is 10.1. The quantitative estimate of drug-likeness (QED) is 0.129. The molecule has 7 nitrogen and oxygen atoms in total. The normalized spacial score (nSPS) is 12.0. The van der Waals surface area contributed by atoms with E-state index in [1.54, 1.807) is 25.1 Å². The molecular weight excluding hydrogens is 595 g/mol. The van der Waals surface area contributed by atoms with Gasteiger partial charge in [0, 0.05) is 63.2 Å². The van der Waals surface area contributed by atoms with Crippen LogP contribution in [0.1, 0.15) is 64.4 Å². The SMILES string of the molecule is CCC(CC)(Cc1c(SC(C)(C)C)c2cc(OCc3ccccn3)ccc2n1Cc1ccc(-c2ccc(OC)nc2)cc1)C(=O)O. The van der Waals surface area contributed by atoms with E-state index in [-0.39, 0.29) is 4.75 Å². The third-order valence-electron chi connectivity index (χ3n) is 8.50. The molecule has 5 rings (SSSR count). The molecule has 8 heteroatoms. The zero-order valence-corrected chi connectivity index (χ0v) is 28.4. The van der Waals surface area contributed by atoms with Gasteiger partial charge >= 0.3 is 5.97 Å². The summed E-state index contributed by atoms with van der Waals surface area (Å²) in [6.45, 7) is 11.5. The Morgan fingerprint density at radius 1 is 0.935 bits per heavy atom. The molecule has 0 aliphatic carbocycles. The minimum absolute atomic E-state index is 0.100. The number of methoxy groups -OCH3 is 1. The molecule has 0 radical (unpaired) electrons. The molecule has 240 valence electrons. The minimum atomic E-state index is -0.872. The van der Waals surface area contributed by atoms with Crippen molar-refractivity contribution in [3.63, 3.8) is 0 Å². The number of pyridine rings is 2. The Morgan fingerprint density at radius 3 is 2.26 bits per heavy atom. The van der Waals surface area contributed by atoms with Crippen LogP contribution in [0.25, 0.3) is 22.0 Å². The van der Waals surface area contributed by atoms with E-state index in [2.05, 4.69) is 71.7 Å². The first-order chi connectivity index (χ1) is 22.1. The lowest BCUT2D eigenvalue weighted by atomic mass is 9.78. The van der Waals surface area contributed by atoms with E-state index >= 15 is 0 Å². The second-order valence-electron chi connectivity index (χ2n) is 12.6. The molecule has 0 aliphatic rings. The van der Waals surface area contributed by atoms with Crippen LogP contribution in [0.2, 0.25) is 0 Å². The summed E-state index contributed by atoms with van der Waals surface area (Å²) in [4.78, 5) is 22.7. The molecule has 46 heavy (non-hydrogen) atoms. The first kappa shape index (κ1) is 33.1. The third kappa shape index (κ3) is 7.39. The zero-order chi connectivity index (χ0) is 32.9. The largest absolute Gasteiger partial charge is 0.487 e. The number of aromatic nitrogens is 3. The van der Waals surface area contributed by atoms with Crippen molar-refractivity contribution >= 4 is 28.6 Å². The number of thioether (sulfide) groups is 1. The Morgan fingerprint density at radius 2 is 1.67 bits per heavy atom. The van der Waals surface area contributed by atoms with Crippen LogP contribution >= 0.6 is 11.8 Å². The van der Waals surface area contributed by atoms with Crippen LogP contribution in [0.4, 0.5) is 0 Å². The Balaban J connectivity index is 1.60. The van der Waals surface area contributed by atoms with E-state index in [4.69, 9.17) is 9.47 Å². The maximum Gasteiger partial charge on any atom is 0.310 e. The van der Waals surface area contributed by atoms with E-state index in [1.807, 2.05) is 56.4 Å². The monoisotopic (exact) mass is 637 g/mol. The Hall–Kier alpha value is -4.30. The van der Waals surface area contributed by atoms with E-state index in [1.165, 1.54) is 0 Å². The van der Waals surface area contributed by atoms with Crippen LogP contribution in [0.3, 0.4) is 0 Å². The second kappa shape index (κ2) is 14.0. The lowest BCUT2D eigenvalue weighted by Crippen LogP contribution is -2.33. The molecule has 0 saturated heterocycles. The number of nitrogens with zero attached hydrogens (tertiary/aromatic N) is 3. The van der Waals surface area contributed by atoms with Crippen LogP contribution in [0, 0.1) is 5.41 Å². The molecule has 3 aromatic heterocycles.